The number of aromatic nitrogens is 4. The van der Waals surface area contributed by atoms with Gasteiger partial charge in [0.25, 0.3) is 0 Å². The van der Waals surface area contributed by atoms with Crippen LogP contribution in [0.5, 0.6) is 0 Å². The highest BCUT2D eigenvalue weighted by Crippen LogP contribution is 2.32. The fourth-order valence-corrected chi connectivity index (χ4v) is 4.74. The molecule has 4 aromatic rings. The Kier molecular flexibility index (Phi) is 4.35. The number of fused-ring (bicyclic) bond motifs is 3. The summed E-state index contributed by atoms with van der Waals surface area (Å²) in [6.45, 7) is 1.95. The molecule has 0 atom stereocenters. The highest BCUT2D eigenvalue weighted by atomic mass is 15.3. The molecule has 7 nitrogen and oxygen atoms in total. The molecule has 2 aliphatic rings. The zero-order valence-corrected chi connectivity index (χ0v) is 17.6. The first-order valence-corrected chi connectivity index (χ1v) is 10.9. The van der Waals surface area contributed by atoms with Crippen LogP contribution in [0.25, 0.3) is 11.0 Å². The molecule has 2 aromatic heterocycles. The second-order valence-electron chi connectivity index (χ2n) is 8.36. The first-order chi connectivity index (χ1) is 15.2. The van der Waals surface area contributed by atoms with Crippen molar-refractivity contribution in [2.45, 2.75) is 32.2 Å². The van der Waals surface area contributed by atoms with Gasteiger partial charge in [-0.2, -0.15) is 10.1 Å². The summed E-state index contributed by atoms with van der Waals surface area (Å²) in [4.78, 5) is 9.31. The zero-order valence-electron chi connectivity index (χ0n) is 17.6. The van der Waals surface area contributed by atoms with Crippen molar-refractivity contribution < 1.29 is 0 Å². The molecular weight excluding hydrogens is 386 g/mol. The molecule has 7 heteroatoms. The topological polar surface area (TPSA) is 79.7 Å². The van der Waals surface area contributed by atoms with Gasteiger partial charge < -0.3 is 16.0 Å². The first-order valence-electron chi connectivity index (χ1n) is 10.9. The van der Waals surface area contributed by atoms with Crippen molar-refractivity contribution in [3.8, 4) is 0 Å². The predicted molar refractivity (Wildman–Crippen MR) is 123 cm³/mol. The lowest BCUT2D eigenvalue weighted by Crippen LogP contribution is -2.23. The monoisotopic (exact) mass is 411 g/mol. The molecule has 0 bridgehead atoms. The lowest BCUT2D eigenvalue weighted by atomic mass is 10.0. The Hall–Kier alpha value is -3.45. The van der Waals surface area contributed by atoms with Crippen molar-refractivity contribution in [1.29, 1.82) is 0 Å². The molecule has 0 saturated heterocycles. The number of hydrogen-bond acceptors (Lipinski definition) is 6. The van der Waals surface area contributed by atoms with Crippen LogP contribution < -0.4 is 16.0 Å². The van der Waals surface area contributed by atoms with Crippen LogP contribution in [-0.2, 0) is 32.9 Å². The van der Waals surface area contributed by atoms with E-state index in [1.807, 2.05) is 17.9 Å². The average molecular weight is 412 g/mol. The van der Waals surface area contributed by atoms with Crippen molar-refractivity contribution in [3.05, 3.63) is 64.8 Å². The SMILES string of the molecule is Cn1nc(Nc2cccc3c2CCC3)c2cnc(Nc3ccc4c(c3)CNCC4)nc21. The minimum absolute atomic E-state index is 0.575. The molecule has 0 fully saturated rings. The molecule has 31 heavy (non-hydrogen) atoms. The second kappa shape index (κ2) is 7.35. The van der Waals surface area contributed by atoms with E-state index in [9.17, 15) is 0 Å². The molecule has 1 aliphatic heterocycles. The Balaban J connectivity index is 1.30. The quantitative estimate of drug-likeness (QED) is 0.471. The zero-order chi connectivity index (χ0) is 20.8. The van der Waals surface area contributed by atoms with E-state index in [1.54, 1.807) is 0 Å². The number of benzene rings is 2. The minimum atomic E-state index is 0.575. The normalized spacial score (nSPS) is 15.0. The van der Waals surface area contributed by atoms with Crippen LogP contribution in [0.4, 0.5) is 23.1 Å². The lowest BCUT2D eigenvalue weighted by Gasteiger charge is -2.18. The van der Waals surface area contributed by atoms with Crippen molar-refractivity contribution in [1.82, 2.24) is 25.1 Å². The summed E-state index contributed by atoms with van der Waals surface area (Å²) in [6, 6.07) is 12.9. The summed E-state index contributed by atoms with van der Waals surface area (Å²) in [6.07, 6.45) is 6.42. The molecule has 0 amide bonds. The van der Waals surface area contributed by atoms with Gasteiger partial charge in [0.1, 0.15) is 0 Å². The first kappa shape index (κ1) is 18.3. The van der Waals surface area contributed by atoms with Crippen molar-refractivity contribution in [2.24, 2.45) is 7.05 Å². The molecule has 0 unspecified atom stereocenters. The average Bonchev–Trinajstić information content (AvgIpc) is 3.39. The van der Waals surface area contributed by atoms with E-state index < -0.39 is 0 Å². The number of rotatable bonds is 4. The van der Waals surface area contributed by atoms with Gasteiger partial charge in [-0.15, -0.1) is 0 Å². The molecular formula is C24H25N7. The van der Waals surface area contributed by atoms with Gasteiger partial charge >= 0.3 is 0 Å². The Morgan fingerprint density at radius 2 is 1.97 bits per heavy atom. The van der Waals surface area contributed by atoms with Crippen LogP contribution in [0.3, 0.4) is 0 Å². The summed E-state index contributed by atoms with van der Waals surface area (Å²) in [7, 11) is 1.92. The van der Waals surface area contributed by atoms with Crippen molar-refractivity contribution >= 4 is 34.2 Å². The molecule has 3 N–H and O–H groups in total. The van der Waals surface area contributed by atoms with E-state index >= 15 is 0 Å². The fourth-order valence-electron chi connectivity index (χ4n) is 4.74. The van der Waals surface area contributed by atoms with Crippen LogP contribution in [0.15, 0.2) is 42.6 Å². The summed E-state index contributed by atoms with van der Waals surface area (Å²) in [5, 5.41) is 15.9. The third kappa shape index (κ3) is 3.31. The van der Waals surface area contributed by atoms with Crippen LogP contribution in [-0.4, -0.2) is 26.3 Å². The van der Waals surface area contributed by atoms with Gasteiger partial charge in [-0.05, 0) is 72.7 Å². The van der Waals surface area contributed by atoms with Crippen LogP contribution in [0.1, 0.15) is 28.7 Å². The number of anilines is 4. The van der Waals surface area contributed by atoms with Gasteiger partial charge in [-0.3, -0.25) is 0 Å². The summed E-state index contributed by atoms with van der Waals surface area (Å²) in [5.41, 5.74) is 8.53. The van der Waals surface area contributed by atoms with Gasteiger partial charge in [0.2, 0.25) is 5.95 Å². The Labute approximate surface area is 180 Å². The van der Waals surface area contributed by atoms with E-state index in [-0.39, 0.29) is 0 Å². The van der Waals surface area contributed by atoms with E-state index in [0.717, 1.165) is 60.6 Å². The smallest absolute Gasteiger partial charge is 0.229 e. The van der Waals surface area contributed by atoms with Crippen molar-refractivity contribution in [2.75, 3.05) is 17.2 Å². The van der Waals surface area contributed by atoms with E-state index in [0.29, 0.717) is 5.95 Å². The van der Waals surface area contributed by atoms with E-state index in [2.05, 4.69) is 62.4 Å². The van der Waals surface area contributed by atoms with Gasteiger partial charge in [0.15, 0.2) is 11.5 Å². The minimum Gasteiger partial charge on any atom is -0.338 e. The second-order valence-corrected chi connectivity index (χ2v) is 8.36. The molecule has 6 rings (SSSR count). The highest BCUT2D eigenvalue weighted by molar-refractivity contribution is 5.90. The standard InChI is InChI=1S/C24H25N7/c1-31-23-20(22(30-31)28-21-7-3-5-16-4-2-6-19(16)21)14-26-24(29-23)27-18-9-8-15-10-11-25-13-17(15)12-18/h3,5,7-9,12,14,25H,2,4,6,10-11,13H2,1H3,(H,28,30)(H,26,27,29). The molecule has 3 heterocycles. The summed E-state index contributed by atoms with van der Waals surface area (Å²) in [5.74, 6) is 1.37. The van der Waals surface area contributed by atoms with Crippen LogP contribution in [0, 0.1) is 0 Å². The van der Waals surface area contributed by atoms with Crippen LogP contribution in [0.2, 0.25) is 0 Å². The lowest BCUT2D eigenvalue weighted by molar-refractivity contribution is 0.644. The maximum atomic E-state index is 4.74. The number of hydrogen-bond donors (Lipinski definition) is 3. The highest BCUT2D eigenvalue weighted by Gasteiger charge is 2.17. The third-order valence-corrected chi connectivity index (χ3v) is 6.33. The molecule has 156 valence electrons. The third-order valence-electron chi connectivity index (χ3n) is 6.33. The Morgan fingerprint density at radius 3 is 2.94 bits per heavy atom. The van der Waals surface area contributed by atoms with E-state index in [4.69, 9.17) is 4.98 Å². The van der Waals surface area contributed by atoms with Crippen LogP contribution >= 0.6 is 0 Å². The Bertz CT molecular complexity index is 1290. The fraction of sp³-hybridized carbons (Fsp3) is 0.292. The van der Waals surface area contributed by atoms with Gasteiger partial charge in [-0.1, -0.05) is 18.2 Å². The van der Waals surface area contributed by atoms with Gasteiger partial charge in [-0.25, -0.2) is 9.67 Å². The largest absolute Gasteiger partial charge is 0.338 e. The number of aryl methyl sites for hydroxylation is 2. The molecule has 2 aromatic carbocycles. The predicted octanol–water partition coefficient (Wildman–Crippen LogP) is 3.98. The molecule has 0 spiro atoms. The molecule has 0 saturated carbocycles. The van der Waals surface area contributed by atoms with Gasteiger partial charge in [0.05, 0.1) is 5.39 Å². The Morgan fingerprint density at radius 1 is 1.00 bits per heavy atom. The van der Waals surface area contributed by atoms with Gasteiger partial charge in [0, 0.05) is 31.2 Å². The maximum absolute atomic E-state index is 4.74. The molecule has 0 radical (unpaired) electrons. The van der Waals surface area contributed by atoms with E-state index in [1.165, 1.54) is 28.7 Å². The number of nitrogens with one attached hydrogen (secondary N) is 3. The molecule has 1 aliphatic carbocycles. The number of nitrogens with zero attached hydrogens (tertiary/aromatic N) is 4. The summed E-state index contributed by atoms with van der Waals surface area (Å²) >= 11 is 0. The summed E-state index contributed by atoms with van der Waals surface area (Å²) < 4.78 is 1.81. The maximum Gasteiger partial charge on any atom is 0.229 e. The van der Waals surface area contributed by atoms with Crippen molar-refractivity contribution in [3.63, 3.8) is 0 Å².